The molecule has 0 aliphatic carbocycles. The monoisotopic (exact) mass is 334 g/mol. The number of alkyl halides is 1. The fourth-order valence-corrected chi connectivity index (χ4v) is 1.89. The number of halogens is 1. The highest BCUT2D eigenvalue weighted by Gasteiger charge is 2.15. The summed E-state index contributed by atoms with van der Waals surface area (Å²) in [5.74, 6) is 11.7. The molecule has 102 valence electrons. The van der Waals surface area contributed by atoms with E-state index in [9.17, 15) is 9.59 Å². The molecule has 2 aromatic rings. The Hall–Kier alpha value is -2.25. The van der Waals surface area contributed by atoms with Gasteiger partial charge in [0.1, 0.15) is 0 Å². The molecule has 20 heavy (non-hydrogen) atoms. The predicted molar refractivity (Wildman–Crippen MR) is 79.7 cm³/mol. The molecule has 7 heteroatoms. The molecule has 0 radical (unpaired) electrons. The minimum atomic E-state index is -0.506. The highest BCUT2D eigenvalue weighted by Crippen LogP contribution is 2.09. The van der Waals surface area contributed by atoms with Crippen molar-refractivity contribution in [3.05, 3.63) is 26.7 Å². The zero-order valence-corrected chi connectivity index (χ0v) is 12.5. The summed E-state index contributed by atoms with van der Waals surface area (Å²) in [4.78, 5) is 30.1. The Morgan fingerprint density at radius 1 is 1.35 bits per heavy atom. The van der Waals surface area contributed by atoms with Gasteiger partial charge in [-0.05, 0) is 12.8 Å². The van der Waals surface area contributed by atoms with Gasteiger partial charge in [-0.3, -0.25) is 18.9 Å². The van der Waals surface area contributed by atoms with Crippen LogP contribution in [0.1, 0.15) is 12.7 Å². The van der Waals surface area contributed by atoms with E-state index in [4.69, 9.17) is 0 Å². The van der Waals surface area contributed by atoms with Gasteiger partial charge in [-0.2, -0.15) is 0 Å². The van der Waals surface area contributed by atoms with Gasteiger partial charge in [0, 0.05) is 7.05 Å². The van der Waals surface area contributed by atoms with E-state index in [1.807, 2.05) is 0 Å². The quantitative estimate of drug-likeness (QED) is 0.597. The Balaban J connectivity index is 2.88. The van der Waals surface area contributed by atoms with Crippen molar-refractivity contribution in [2.24, 2.45) is 7.05 Å². The highest BCUT2D eigenvalue weighted by molar-refractivity contribution is 9.09. The van der Waals surface area contributed by atoms with E-state index in [2.05, 4.69) is 49.6 Å². The molecular formula is C13H11BrN4O2. The molecule has 0 spiro atoms. The van der Waals surface area contributed by atoms with E-state index in [0.717, 1.165) is 0 Å². The Kier molecular flexibility index (Phi) is 4.11. The van der Waals surface area contributed by atoms with Crippen LogP contribution in [-0.4, -0.2) is 24.4 Å². The first-order chi connectivity index (χ1) is 9.60. The molecule has 2 heterocycles. The Bertz CT molecular complexity index is 896. The maximum absolute atomic E-state index is 12.0. The minimum absolute atomic E-state index is 0.292. The molecule has 0 aromatic carbocycles. The average Bonchev–Trinajstić information content (AvgIpc) is 2.79. The first-order valence-electron chi connectivity index (χ1n) is 5.74. The topological polar surface area (TPSA) is 72.7 Å². The van der Waals surface area contributed by atoms with Gasteiger partial charge in [-0.15, -0.1) is 5.92 Å². The first-order valence-corrected chi connectivity index (χ1v) is 6.86. The average molecular weight is 335 g/mol. The van der Waals surface area contributed by atoms with Gasteiger partial charge in [0.25, 0.3) is 5.56 Å². The summed E-state index contributed by atoms with van der Waals surface area (Å²) in [6, 6.07) is 0. The van der Waals surface area contributed by atoms with Crippen molar-refractivity contribution in [3.63, 3.8) is 0 Å². The number of H-pyrrole nitrogens is 1. The van der Waals surface area contributed by atoms with Gasteiger partial charge < -0.3 is 0 Å². The number of aryl methyl sites for hydroxylation is 1. The third-order valence-electron chi connectivity index (χ3n) is 2.69. The smallest absolute Gasteiger partial charge is 0.300 e. The molecule has 0 aliphatic rings. The molecule has 0 bridgehead atoms. The summed E-state index contributed by atoms with van der Waals surface area (Å²) >= 11 is 3.21. The van der Waals surface area contributed by atoms with E-state index in [0.29, 0.717) is 28.9 Å². The number of nitrogens with one attached hydrogen (secondary N) is 1. The van der Waals surface area contributed by atoms with Crippen LogP contribution in [0.25, 0.3) is 11.2 Å². The molecule has 0 unspecified atom stereocenters. The van der Waals surface area contributed by atoms with Crippen LogP contribution in [0, 0.1) is 23.7 Å². The Morgan fingerprint density at radius 3 is 2.75 bits per heavy atom. The van der Waals surface area contributed by atoms with Crippen LogP contribution in [0.3, 0.4) is 0 Å². The van der Waals surface area contributed by atoms with E-state index >= 15 is 0 Å². The maximum atomic E-state index is 12.0. The molecule has 6 nitrogen and oxygen atoms in total. The first kappa shape index (κ1) is 14.2. The highest BCUT2D eigenvalue weighted by atomic mass is 79.9. The van der Waals surface area contributed by atoms with E-state index in [-0.39, 0.29) is 0 Å². The van der Waals surface area contributed by atoms with Crippen LogP contribution in [-0.2, 0) is 13.6 Å². The van der Waals surface area contributed by atoms with Crippen LogP contribution < -0.4 is 11.2 Å². The van der Waals surface area contributed by atoms with Crippen molar-refractivity contribution in [1.82, 2.24) is 19.1 Å². The second kappa shape index (κ2) is 5.81. The summed E-state index contributed by atoms with van der Waals surface area (Å²) in [6.07, 6.45) is 0. The van der Waals surface area contributed by atoms with Crippen LogP contribution in [0.2, 0.25) is 0 Å². The summed E-state index contributed by atoms with van der Waals surface area (Å²) < 4.78 is 2.89. The normalized spacial score (nSPS) is 9.75. The summed E-state index contributed by atoms with van der Waals surface area (Å²) in [7, 11) is 1.55. The summed E-state index contributed by atoms with van der Waals surface area (Å²) in [6.45, 7) is 2.00. The van der Waals surface area contributed by atoms with Crippen molar-refractivity contribution >= 4 is 27.1 Å². The lowest BCUT2D eigenvalue weighted by Crippen LogP contribution is -2.29. The molecule has 2 rings (SSSR count). The number of fused-ring (bicyclic) bond motifs is 1. The second-order valence-electron chi connectivity index (χ2n) is 3.87. The summed E-state index contributed by atoms with van der Waals surface area (Å²) in [5, 5.41) is 0.491. The van der Waals surface area contributed by atoms with Gasteiger partial charge >= 0.3 is 5.69 Å². The third kappa shape index (κ3) is 2.40. The van der Waals surface area contributed by atoms with Gasteiger partial charge in [-0.1, -0.05) is 27.8 Å². The van der Waals surface area contributed by atoms with Crippen LogP contribution in [0.15, 0.2) is 9.59 Å². The lowest BCUT2D eigenvalue weighted by Gasteiger charge is -2.00. The zero-order valence-electron chi connectivity index (χ0n) is 11.0. The number of rotatable bonds is 1. The van der Waals surface area contributed by atoms with E-state index < -0.39 is 11.2 Å². The number of imidazole rings is 1. The molecule has 0 aliphatic heterocycles. The van der Waals surface area contributed by atoms with Crippen molar-refractivity contribution in [2.75, 3.05) is 5.33 Å². The zero-order chi connectivity index (χ0) is 14.7. The molecule has 0 atom stereocenters. The number of nitrogens with zero attached hydrogens (tertiary/aromatic N) is 3. The van der Waals surface area contributed by atoms with Gasteiger partial charge in [0.05, 0.1) is 11.9 Å². The van der Waals surface area contributed by atoms with E-state index in [1.54, 1.807) is 18.5 Å². The largest absolute Gasteiger partial charge is 0.329 e. The van der Waals surface area contributed by atoms with Crippen molar-refractivity contribution in [1.29, 1.82) is 0 Å². The van der Waals surface area contributed by atoms with Gasteiger partial charge in [-0.25, -0.2) is 9.78 Å². The molecular weight excluding hydrogens is 324 g/mol. The number of hydrogen-bond donors (Lipinski definition) is 1. The fraction of sp³-hybridized carbons (Fsp3) is 0.308. The number of hydrogen-bond acceptors (Lipinski definition) is 3. The number of aromatic nitrogens is 4. The molecule has 0 amide bonds. The Labute approximate surface area is 123 Å². The molecule has 2 aromatic heterocycles. The lowest BCUT2D eigenvalue weighted by atomic mass is 10.4. The lowest BCUT2D eigenvalue weighted by molar-refractivity contribution is 0.821. The second-order valence-corrected chi connectivity index (χ2v) is 4.43. The minimum Gasteiger partial charge on any atom is -0.300 e. The molecule has 1 N–H and O–H groups in total. The van der Waals surface area contributed by atoms with Crippen LogP contribution in [0.5, 0.6) is 0 Å². The summed E-state index contributed by atoms with van der Waals surface area (Å²) in [5.41, 5.74) is -0.390. The SMILES string of the molecule is CC#CCn1c(C#CCBr)nc2c1c(=O)[nH]c(=O)n2C. The predicted octanol–water partition coefficient (Wildman–Crippen LogP) is 0.193. The van der Waals surface area contributed by atoms with Gasteiger partial charge in [0.2, 0.25) is 0 Å². The van der Waals surface area contributed by atoms with Crippen LogP contribution >= 0.6 is 15.9 Å². The standard InChI is InChI=1S/C13H11BrN4O2/c1-3-4-8-18-9(6-5-7-14)15-11-10(18)12(19)16-13(20)17(11)2/h7-8H2,1-2H3,(H,16,19,20). The van der Waals surface area contributed by atoms with Crippen LogP contribution in [0.4, 0.5) is 0 Å². The molecule has 0 saturated heterocycles. The fourth-order valence-electron chi connectivity index (χ4n) is 1.75. The van der Waals surface area contributed by atoms with E-state index in [1.165, 1.54) is 4.57 Å². The van der Waals surface area contributed by atoms with Gasteiger partial charge in [0.15, 0.2) is 17.0 Å². The third-order valence-corrected chi connectivity index (χ3v) is 2.97. The number of aromatic amines is 1. The maximum Gasteiger partial charge on any atom is 0.329 e. The Morgan fingerprint density at radius 2 is 2.10 bits per heavy atom. The molecule has 0 fully saturated rings. The van der Waals surface area contributed by atoms with Crippen molar-refractivity contribution < 1.29 is 0 Å². The van der Waals surface area contributed by atoms with Crippen molar-refractivity contribution in [3.8, 4) is 23.7 Å². The molecule has 0 saturated carbocycles. The van der Waals surface area contributed by atoms with Crippen molar-refractivity contribution in [2.45, 2.75) is 13.5 Å².